The third-order valence-corrected chi connectivity index (χ3v) is 3.13. The number of piperidine rings is 1. The molecule has 2 aliphatic heterocycles. The molecule has 2 rings (SSSR count). The average molecular weight is 178 g/mol. The average Bonchev–Trinajstić information content (AvgIpc) is 2.37. The molecule has 3 nitrogen and oxygen atoms in total. The van der Waals surface area contributed by atoms with E-state index in [0.29, 0.717) is 12.1 Å². The van der Waals surface area contributed by atoms with Gasteiger partial charge in [-0.15, -0.1) is 6.42 Å². The van der Waals surface area contributed by atoms with Crippen LogP contribution in [0.1, 0.15) is 25.7 Å². The van der Waals surface area contributed by atoms with Gasteiger partial charge in [0.2, 0.25) is 0 Å². The van der Waals surface area contributed by atoms with Crippen LogP contribution in [0, 0.1) is 12.3 Å². The molecule has 0 aromatic carbocycles. The number of carbonyl (C=O) groups excluding carboxylic acids is 1. The van der Waals surface area contributed by atoms with E-state index in [1.165, 1.54) is 0 Å². The molecule has 0 aromatic heterocycles. The molecule has 0 saturated carbocycles. The maximum absolute atomic E-state index is 11.4. The van der Waals surface area contributed by atoms with Crippen molar-refractivity contribution in [3.05, 3.63) is 0 Å². The molecule has 2 N–H and O–H groups in total. The number of fused-ring (bicyclic) bond motifs is 2. The second-order valence-electron chi connectivity index (χ2n) is 3.97. The van der Waals surface area contributed by atoms with Crippen LogP contribution in [0.25, 0.3) is 0 Å². The van der Waals surface area contributed by atoms with E-state index in [1.54, 1.807) is 0 Å². The number of amides is 1. The quantitative estimate of drug-likeness (QED) is 0.535. The lowest BCUT2D eigenvalue weighted by Gasteiger charge is -2.36. The minimum Gasteiger partial charge on any atom is -0.328 e. The summed E-state index contributed by atoms with van der Waals surface area (Å²) >= 11 is 0. The zero-order valence-electron chi connectivity index (χ0n) is 7.57. The van der Waals surface area contributed by atoms with Crippen LogP contribution in [-0.2, 0) is 4.79 Å². The summed E-state index contributed by atoms with van der Waals surface area (Å²) in [5.74, 6) is 2.04. The van der Waals surface area contributed by atoms with Crippen LogP contribution in [0.15, 0.2) is 0 Å². The molecule has 2 aliphatic rings. The highest BCUT2D eigenvalue weighted by Gasteiger charge is 2.41. The lowest BCUT2D eigenvalue weighted by molar-refractivity contribution is -0.129. The second-order valence-corrected chi connectivity index (χ2v) is 3.97. The van der Waals surface area contributed by atoms with Crippen LogP contribution < -0.4 is 5.73 Å². The molecule has 13 heavy (non-hydrogen) atoms. The van der Waals surface area contributed by atoms with Crippen molar-refractivity contribution in [2.75, 3.05) is 0 Å². The molecule has 0 spiro atoms. The van der Waals surface area contributed by atoms with Crippen molar-refractivity contribution in [2.24, 2.45) is 5.73 Å². The van der Waals surface area contributed by atoms with Crippen molar-refractivity contribution in [3.8, 4) is 12.3 Å². The fourth-order valence-corrected chi connectivity index (χ4v) is 2.63. The Morgan fingerprint density at radius 1 is 1.38 bits per heavy atom. The van der Waals surface area contributed by atoms with Gasteiger partial charge in [0.05, 0.1) is 0 Å². The minimum absolute atomic E-state index is 0.153. The van der Waals surface area contributed by atoms with E-state index in [1.807, 2.05) is 4.90 Å². The van der Waals surface area contributed by atoms with Crippen LogP contribution in [0.4, 0.5) is 0 Å². The minimum atomic E-state index is -0.153. The molecule has 2 saturated heterocycles. The number of nitrogens with two attached hydrogens (primary N) is 1. The van der Waals surface area contributed by atoms with Gasteiger partial charge in [-0.25, -0.2) is 0 Å². The molecule has 1 amide bonds. The Labute approximate surface area is 78.3 Å². The maximum Gasteiger partial charge on any atom is 0.298 e. The van der Waals surface area contributed by atoms with E-state index in [4.69, 9.17) is 12.2 Å². The van der Waals surface area contributed by atoms with Gasteiger partial charge in [-0.2, -0.15) is 0 Å². The normalized spacial score (nSPS) is 37.2. The van der Waals surface area contributed by atoms with Crippen LogP contribution in [0.5, 0.6) is 0 Å². The Morgan fingerprint density at radius 3 is 2.38 bits per heavy atom. The Kier molecular flexibility index (Phi) is 2.01. The number of hydrogen-bond donors (Lipinski definition) is 1. The Bertz CT molecular complexity index is 255. The van der Waals surface area contributed by atoms with Crippen molar-refractivity contribution in [1.82, 2.24) is 4.90 Å². The lowest BCUT2D eigenvalue weighted by Crippen LogP contribution is -2.49. The third kappa shape index (κ3) is 1.31. The van der Waals surface area contributed by atoms with E-state index < -0.39 is 0 Å². The Hall–Kier alpha value is -1.01. The lowest BCUT2D eigenvalue weighted by atomic mass is 9.98. The van der Waals surface area contributed by atoms with Gasteiger partial charge >= 0.3 is 0 Å². The van der Waals surface area contributed by atoms with Gasteiger partial charge in [0.1, 0.15) is 0 Å². The zero-order chi connectivity index (χ0) is 9.42. The number of terminal acetylenes is 1. The summed E-state index contributed by atoms with van der Waals surface area (Å²) in [5, 5.41) is 0. The highest BCUT2D eigenvalue weighted by molar-refractivity contribution is 5.93. The number of nitrogens with zero attached hydrogens (tertiary/aromatic N) is 1. The fraction of sp³-hybridized carbons (Fsp3) is 0.700. The van der Waals surface area contributed by atoms with E-state index in [2.05, 4.69) is 5.92 Å². The predicted octanol–water partition coefficient (Wildman–Crippen LogP) is 0.100. The van der Waals surface area contributed by atoms with Gasteiger partial charge in [-0.3, -0.25) is 4.79 Å². The molecule has 3 heteroatoms. The maximum atomic E-state index is 11.4. The summed E-state index contributed by atoms with van der Waals surface area (Å²) in [4.78, 5) is 13.2. The van der Waals surface area contributed by atoms with Crippen molar-refractivity contribution in [2.45, 2.75) is 43.8 Å². The van der Waals surface area contributed by atoms with Crippen LogP contribution in [0.3, 0.4) is 0 Å². The molecule has 2 heterocycles. The van der Waals surface area contributed by atoms with E-state index in [0.717, 1.165) is 25.7 Å². The predicted molar refractivity (Wildman–Crippen MR) is 49.7 cm³/mol. The smallest absolute Gasteiger partial charge is 0.298 e. The summed E-state index contributed by atoms with van der Waals surface area (Å²) in [6.45, 7) is 0. The fourth-order valence-electron chi connectivity index (χ4n) is 2.63. The number of hydrogen-bond acceptors (Lipinski definition) is 2. The van der Waals surface area contributed by atoms with Gasteiger partial charge in [-0.1, -0.05) is 0 Å². The molecule has 2 bridgehead atoms. The van der Waals surface area contributed by atoms with Gasteiger partial charge in [0, 0.05) is 18.1 Å². The summed E-state index contributed by atoms with van der Waals surface area (Å²) in [7, 11) is 0. The first-order chi connectivity index (χ1) is 6.22. The van der Waals surface area contributed by atoms with Gasteiger partial charge < -0.3 is 10.6 Å². The summed E-state index contributed by atoms with van der Waals surface area (Å²) in [5.41, 5.74) is 5.87. The summed E-state index contributed by atoms with van der Waals surface area (Å²) in [6, 6.07) is 0.897. The molecule has 2 unspecified atom stereocenters. The topological polar surface area (TPSA) is 46.3 Å². The molecule has 0 aliphatic carbocycles. The monoisotopic (exact) mass is 178 g/mol. The van der Waals surface area contributed by atoms with Crippen molar-refractivity contribution in [3.63, 3.8) is 0 Å². The molecule has 0 aromatic rings. The van der Waals surface area contributed by atoms with E-state index in [-0.39, 0.29) is 11.9 Å². The highest BCUT2D eigenvalue weighted by atomic mass is 16.2. The Balaban J connectivity index is 2.16. The summed E-state index contributed by atoms with van der Waals surface area (Å²) < 4.78 is 0. The molecule has 2 atom stereocenters. The highest BCUT2D eigenvalue weighted by Crippen LogP contribution is 2.34. The molecular formula is C10H14N2O. The third-order valence-electron chi connectivity index (χ3n) is 3.13. The van der Waals surface area contributed by atoms with Crippen LogP contribution in [-0.4, -0.2) is 28.9 Å². The van der Waals surface area contributed by atoms with E-state index in [9.17, 15) is 4.79 Å². The first-order valence-corrected chi connectivity index (χ1v) is 4.77. The SMILES string of the molecule is C#CC(=O)N1C2CCC1CC(N)C2. The summed E-state index contributed by atoms with van der Waals surface area (Å²) in [6.07, 6.45) is 9.11. The van der Waals surface area contributed by atoms with Gasteiger partial charge in [-0.05, 0) is 31.6 Å². The molecular weight excluding hydrogens is 164 g/mol. The van der Waals surface area contributed by atoms with Crippen molar-refractivity contribution in [1.29, 1.82) is 0 Å². The van der Waals surface area contributed by atoms with Crippen LogP contribution >= 0.6 is 0 Å². The largest absolute Gasteiger partial charge is 0.328 e. The van der Waals surface area contributed by atoms with Crippen molar-refractivity contribution >= 4 is 5.91 Å². The number of carbonyl (C=O) groups is 1. The number of rotatable bonds is 0. The molecule has 2 fully saturated rings. The molecule has 0 radical (unpaired) electrons. The standard InChI is InChI=1S/C10H14N2O/c1-2-10(13)12-8-3-4-9(12)6-7(11)5-8/h1,7-9H,3-6,11H2. The second kappa shape index (κ2) is 3.04. The first kappa shape index (κ1) is 8.58. The van der Waals surface area contributed by atoms with Crippen LogP contribution in [0.2, 0.25) is 0 Å². The van der Waals surface area contributed by atoms with Gasteiger partial charge in [0.15, 0.2) is 0 Å². The first-order valence-electron chi connectivity index (χ1n) is 4.77. The molecule has 70 valence electrons. The Morgan fingerprint density at radius 2 is 1.92 bits per heavy atom. The van der Waals surface area contributed by atoms with Gasteiger partial charge in [0.25, 0.3) is 5.91 Å². The van der Waals surface area contributed by atoms with E-state index >= 15 is 0 Å². The zero-order valence-corrected chi connectivity index (χ0v) is 7.57. The van der Waals surface area contributed by atoms with Crippen molar-refractivity contribution < 1.29 is 4.79 Å².